The highest BCUT2D eigenvalue weighted by Gasteiger charge is 2.39. The number of rotatable bonds is 10. The van der Waals surface area contributed by atoms with Crippen molar-refractivity contribution in [2.45, 2.75) is 71.5 Å². The fraction of sp³-hybridized carbons (Fsp3) is 0.850. The van der Waals surface area contributed by atoms with Gasteiger partial charge in [-0.05, 0) is 56.3 Å². The Hall–Kier alpha value is -0.720. The maximum Gasteiger partial charge on any atom is 0.306 e. The average Bonchev–Trinajstić information content (AvgIpc) is 2.59. The Morgan fingerprint density at radius 1 is 1.35 bits per heavy atom. The summed E-state index contributed by atoms with van der Waals surface area (Å²) >= 11 is 1.85. The quantitative estimate of drug-likeness (QED) is 0.551. The Balaban J connectivity index is 2.06. The van der Waals surface area contributed by atoms with Crippen LogP contribution < -0.4 is 0 Å². The van der Waals surface area contributed by atoms with E-state index in [1.54, 1.807) is 0 Å². The SMILES string of the molecule is CCCSC1CC(C)C2=C(CC(C(=O)O)CC2CCOC(C)OCC)O1. The van der Waals surface area contributed by atoms with Crippen LogP contribution in [-0.4, -0.2) is 41.8 Å². The largest absolute Gasteiger partial charge is 0.484 e. The van der Waals surface area contributed by atoms with Gasteiger partial charge in [0.1, 0.15) is 5.44 Å². The molecule has 0 saturated carbocycles. The van der Waals surface area contributed by atoms with Gasteiger partial charge < -0.3 is 19.3 Å². The van der Waals surface area contributed by atoms with E-state index in [1.807, 2.05) is 25.6 Å². The van der Waals surface area contributed by atoms with Crippen LogP contribution in [0, 0.1) is 17.8 Å². The highest BCUT2D eigenvalue weighted by atomic mass is 32.2. The number of hydrogen-bond donors (Lipinski definition) is 1. The van der Waals surface area contributed by atoms with E-state index < -0.39 is 5.97 Å². The molecule has 26 heavy (non-hydrogen) atoms. The number of allylic oxidation sites excluding steroid dienone is 2. The summed E-state index contributed by atoms with van der Waals surface area (Å²) in [5.41, 5.74) is 1.50. The van der Waals surface area contributed by atoms with Crippen molar-refractivity contribution >= 4 is 17.7 Å². The van der Waals surface area contributed by atoms with Crippen molar-refractivity contribution in [2.75, 3.05) is 19.0 Å². The van der Waals surface area contributed by atoms with E-state index in [-0.39, 0.29) is 23.6 Å². The first-order valence-corrected chi connectivity index (χ1v) is 11.0. The van der Waals surface area contributed by atoms with Gasteiger partial charge in [-0.1, -0.05) is 13.8 Å². The molecule has 5 nitrogen and oxygen atoms in total. The Labute approximate surface area is 161 Å². The molecule has 5 unspecified atom stereocenters. The Morgan fingerprint density at radius 3 is 2.77 bits per heavy atom. The molecule has 0 amide bonds. The molecule has 1 aliphatic carbocycles. The van der Waals surface area contributed by atoms with Gasteiger partial charge in [-0.2, -0.15) is 0 Å². The predicted molar refractivity (Wildman–Crippen MR) is 104 cm³/mol. The van der Waals surface area contributed by atoms with E-state index in [2.05, 4.69) is 13.8 Å². The lowest BCUT2D eigenvalue weighted by Gasteiger charge is -2.40. The fourth-order valence-electron chi connectivity index (χ4n) is 4.01. The molecule has 2 rings (SSSR count). The number of ether oxygens (including phenoxy) is 3. The monoisotopic (exact) mass is 386 g/mol. The smallest absolute Gasteiger partial charge is 0.306 e. The van der Waals surface area contributed by atoms with Crippen LogP contribution in [-0.2, 0) is 19.0 Å². The maximum absolute atomic E-state index is 11.6. The van der Waals surface area contributed by atoms with Gasteiger partial charge in [0.25, 0.3) is 0 Å². The number of carboxylic acids is 1. The fourth-order valence-corrected chi connectivity index (χ4v) is 5.12. The topological polar surface area (TPSA) is 65.0 Å². The van der Waals surface area contributed by atoms with Gasteiger partial charge in [-0.25, -0.2) is 0 Å². The summed E-state index contributed by atoms with van der Waals surface area (Å²) in [5, 5.41) is 9.57. The van der Waals surface area contributed by atoms with E-state index in [0.717, 1.165) is 30.8 Å². The Bertz CT molecular complexity index is 493. The molecule has 5 atom stereocenters. The summed E-state index contributed by atoms with van der Waals surface area (Å²) < 4.78 is 17.4. The lowest BCUT2D eigenvalue weighted by molar-refractivity contribution is -0.144. The van der Waals surface area contributed by atoms with Gasteiger partial charge in [0.05, 0.1) is 18.3 Å². The number of aliphatic carboxylic acids is 1. The van der Waals surface area contributed by atoms with E-state index in [9.17, 15) is 9.90 Å². The second-order valence-electron chi connectivity index (χ2n) is 7.29. The zero-order valence-corrected chi connectivity index (χ0v) is 17.3. The third kappa shape index (κ3) is 5.89. The first-order valence-electron chi connectivity index (χ1n) is 9.93. The molecule has 2 aliphatic rings. The van der Waals surface area contributed by atoms with Crippen molar-refractivity contribution in [3.8, 4) is 0 Å². The van der Waals surface area contributed by atoms with E-state index in [1.165, 1.54) is 5.57 Å². The van der Waals surface area contributed by atoms with E-state index in [0.29, 0.717) is 32.0 Å². The Kier molecular flexibility index (Phi) is 8.77. The van der Waals surface area contributed by atoms with Crippen LogP contribution in [0.4, 0.5) is 0 Å². The molecule has 0 spiro atoms. The van der Waals surface area contributed by atoms with Crippen LogP contribution in [0.25, 0.3) is 0 Å². The molecule has 0 bridgehead atoms. The molecule has 1 aliphatic heterocycles. The van der Waals surface area contributed by atoms with Gasteiger partial charge in [0.2, 0.25) is 0 Å². The summed E-state index contributed by atoms with van der Waals surface area (Å²) in [6, 6.07) is 0. The molecule has 1 heterocycles. The molecular weight excluding hydrogens is 352 g/mol. The molecule has 0 aromatic heterocycles. The first-order chi connectivity index (χ1) is 12.5. The van der Waals surface area contributed by atoms with Crippen LogP contribution >= 0.6 is 11.8 Å². The van der Waals surface area contributed by atoms with Crippen molar-refractivity contribution in [3.05, 3.63) is 11.3 Å². The summed E-state index contributed by atoms with van der Waals surface area (Å²) in [5.74, 6) is 1.61. The van der Waals surface area contributed by atoms with Crippen molar-refractivity contribution in [1.29, 1.82) is 0 Å². The predicted octanol–water partition coefficient (Wildman–Crippen LogP) is 4.67. The molecule has 0 aromatic carbocycles. The lowest BCUT2D eigenvalue weighted by Crippen LogP contribution is -2.34. The number of carbonyl (C=O) groups is 1. The van der Waals surface area contributed by atoms with Gasteiger partial charge in [0, 0.05) is 19.4 Å². The molecule has 150 valence electrons. The van der Waals surface area contributed by atoms with Crippen molar-refractivity contribution in [1.82, 2.24) is 0 Å². The molecule has 0 radical (unpaired) electrons. The van der Waals surface area contributed by atoms with Crippen molar-refractivity contribution in [2.24, 2.45) is 17.8 Å². The van der Waals surface area contributed by atoms with Gasteiger partial charge in [-0.15, -0.1) is 11.8 Å². The minimum atomic E-state index is -0.718. The Morgan fingerprint density at radius 2 is 2.12 bits per heavy atom. The van der Waals surface area contributed by atoms with Gasteiger partial charge in [-0.3, -0.25) is 4.79 Å². The first kappa shape index (κ1) is 21.6. The summed E-state index contributed by atoms with van der Waals surface area (Å²) in [6.45, 7) is 9.48. The van der Waals surface area contributed by atoms with Crippen LogP contribution in [0.5, 0.6) is 0 Å². The van der Waals surface area contributed by atoms with Crippen molar-refractivity contribution in [3.63, 3.8) is 0 Å². The van der Waals surface area contributed by atoms with E-state index >= 15 is 0 Å². The summed E-state index contributed by atoms with van der Waals surface area (Å²) in [7, 11) is 0. The van der Waals surface area contributed by atoms with Crippen LogP contribution in [0.15, 0.2) is 11.3 Å². The zero-order chi connectivity index (χ0) is 19.1. The van der Waals surface area contributed by atoms with Crippen LogP contribution in [0.1, 0.15) is 59.8 Å². The van der Waals surface area contributed by atoms with Crippen LogP contribution in [0.3, 0.4) is 0 Å². The van der Waals surface area contributed by atoms with Crippen LogP contribution in [0.2, 0.25) is 0 Å². The zero-order valence-electron chi connectivity index (χ0n) is 16.5. The molecule has 6 heteroatoms. The maximum atomic E-state index is 11.6. The third-order valence-corrected chi connectivity index (χ3v) is 6.50. The highest BCUT2D eigenvalue weighted by Crippen LogP contribution is 2.46. The molecular formula is C20H34O5S. The van der Waals surface area contributed by atoms with Gasteiger partial charge >= 0.3 is 5.97 Å². The number of hydrogen-bond acceptors (Lipinski definition) is 5. The normalized spacial score (nSPS) is 29.8. The minimum absolute atomic E-state index is 0.158. The van der Waals surface area contributed by atoms with Gasteiger partial charge in [0.15, 0.2) is 6.29 Å². The van der Waals surface area contributed by atoms with Crippen molar-refractivity contribution < 1.29 is 24.1 Å². The minimum Gasteiger partial charge on any atom is -0.484 e. The molecule has 0 fully saturated rings. The average molecular weight is 387 g/mol. The second-order valence-corrected chi connectivity index (χ2v) is 8.56. The standard InChI is InChI=1S/C20H34O5S/c1-5-9-26-18-10-13(3)19-15(7-8-24-14(4)23-6-2)11-16(20(21)22)12-17(19)25-18/h13-16,18H,5-12H2,1-4H3,(H,21,22). The third-order valence-electron chi connectivity index (χ3n) is 5.19. The summed E-state index contributed by atoms with van der Waals surface area (Å²) in [4.78, 5) is 11.6. The van der Waals surface area contributed by atoms with E-state index in [4.69, 9.17) is 14.2 Å². The number of carboxylic acid groups (broad SMARTS) is 1. The second kappa shape index (κ2) is 10.6. The number of thioether (sulfide) groups is 1. The highest BCUT2D eigenvalue weighted by molar-refractivity contribution is 7.99. The molecule has 0 aromatic rings. The summed E-state index contributed by atoms with van der Waals surface area (Å²) in [6.07, 6.45) is 3.95. The molecule has 0 saturated heterocycles. The molecule has 1 N–H and O–H groups in total. The lowest BCUT2D eigenvalue weighted by atomic mass is 9.72.